The van der Waals surface area contributed by atoms with Gasteiger partial charge in [-0.2, -0.15) is 0 Å². The number of hydrogen-bond donors (Lipinski definition) is 0. The van der Waals surface area contributed by atoms with Gasteiger partial charge in [-0.15, -0.1) is 11.3 Å². The number of ether oxygens (including phenoxy) is 1. The van der Waals surface area contributed by atoms with Gasteiger partial charge in [0.05, 0.1) is 12.7 Å². The van der Waals surface area contributed by atoms with Crippen molar-refractivity contribution in [2.24, 2.45) is 0 Å². The fraction of sp³-hybridized carbons (Fsp3) is 0.154. The van der Waals surface area contributed by atoms with Gasteiger partial charge in [0.1, 0.15) is 0 Å². The van der Waals surface area contributed by atoms with Gasteiger partial charge in [0.25, 0.3) is 0 Å². The van der Waals surface area contributed by atoms with E-state index in [1.807, 2.05) is 18.2 Å². The van der Waals surface area contributed by atoms with E-state index < -0.39 is 0 Å². The number of esters is 1. The molecule has 16 heavy (non-hydrogen) atoms. The highest BCUT2D eigenvalue weighted by molar-refractivity contribution is 7.09. The molecule has 0 fully saturated rings. The Morgan fingerprint density at radius 3 is 2.56 bits per heavy atom. The molecule has 1 heterocycles. The molecule has 0 saturated carbocycles. The molecule has 2 nitrogen and oxygen atoms in total. The fourth-order valence-corrected chi connectivity index (χ4v) is 2.23. The highest BCUT2D eigenvalue weighted by Crippen LogP contribution is 2.15. The van der Waals surface area contributed by atoms with Crippen molar-refractivity contribution in [3.63, 3.8) is 0 Å². The average Bonchev–Trinajstić information content (AvgIpc) is 2.82. The van der Waals surface area contributed by atoms with Crippen molar-refractivity contribution in [2.45, 2.75) is 6.42 Å². The summed E-state index contributed by atoms with van der Waals surface area (Å²) in [7, 11) is 1.39. The Bertz CT molecular complexity index is 457. The molecule has 2 aromatic rings. The van der Waals surface area contributed by atoms with Gasteiger partial charge in [0.15, 0.2) is 0 Å². The SMILES string of the molecule is COC(=O)c1ccc(Cc2cccs2)cc1. The molecule has 0 amide bonds. The average molecular weight is 232 g/mol. The van der Waals surface area contributed by atoms with E-state index in [-0.39, 0.29) is 5.97 Å². The second-order valence-electron chi connectivity index (χ2n) is 3.44. The maximum atomic E-state index is 11.2. The quantitative estimate of drug-likeness (QED) is 0.760. The molecule has 0 N–H and O–H groups in total. The van der Waals surface area contributed by atoms with Crippen LogP contribution in [-0.2, 0) is 11.2 Å². The molecule has 1 aromatic carbocycles. The number of carbonyl (C=O) groups is 1. The van der Waals surface area contributed by atoms with Gasteiger partial charge < -0.3 is 4.74 Å². The second kappa shape index (κ2) is 4.94. The minimum Gasteiger partial charge on any atom is -0.465 e. The Morgan fingerprint density at radius 1 is 1.25 bits per heavy atom. The van der Waals surface area contributed by atoms with Crippen LogP contribution < -0.4 is 0 Å². The highest BCUT2D eigenvalue weighted by atomic mass is 32.1. The number of methoxy groups -OCH3 is 1. The molecule has 1 aromatic heterocycles. The second-order valence-corrected chi connectivity index (χ2v) is 4.48. The molecule has 0 unspecified atom stereocenters. The molecular formula is C13H12O2S. The van der Waals surface area contributed by atoms with E-state index in [0.29, 0.717) is 5.56 Å². The lowest BCUT2D eigenvalue weighted by atomic mass is 10.1. The third-order valence-electron chi connectivity index (χ3n) is 2.33. The zero-order valence-corrected chi connectivity index (χ0v) is 9.79. The van der Waals surface area contributed by atoms with Crippen LogP contribution in [0.2, 0.25) is 0 Å². The Morgan fingerprint density at radius 2 is 2.00 bits per heavy atom. The predicted molar refractivity (Wildman–Crippen MR) is 64.9 cm³/mol. The Kier molecular flexibility index (Phi) is 3.37. The molecule has 0 aliphatic rings. The van der Waals surface area contributed by atoms with Crippen molar-refractivity contribution in [1.29, 1.82) is 0 Å². The van der Waals surface area contributed by atoms with Gasteiger partial charge in [-0.25, -0.2) is 4.79 Å². The van der Waals surface area contributed by atoms with Crippen LogP contribution in [0.1, 0.15) is 20.8 Å². The van der Waals surface area contributed by atoms with Crippen LogP contribution in [0.3, 0.4) is 0 Å². The predicted octanol–water partition coefficient (Wildman–Crippen LogP) is 3.13. The summed E-state index contributed by atoms with van der Waals surface area (Å²) in [5.41, 5.74) is 1.80. The van der Waals surface area contributed by atoms with Gasteiger partial charge in [-0.1, -0.05) is 18.2 Å². The minimum absolute atomic E-state index is 0.289. The zero-order valence-electron chi connectivity index (χ0n) is 8.97. The van der Waals surface area contributed by atoms with E-state index in [1.165, 1.54) is 17.6 Å². The molecule has 0 aliphatic heterocycles. The van der Waals surface area contributed by atoms with Crippen molar-refractivity contribution in [2.75, 3.05) is 7.11 Å². The molecule has 0 spiro atoms. The van der Waals surface area contributed by atoms with Gasteiger partial charge in [0.2, 0.25) is 0 Å². The van der Waals surface area contributed by atoms with Gasteiger partial charge in [-0.05, 0) is 29.1 Å². The Labute approximate surface area is 98.5 Å². The van der Waals surface area contributed by atoms with Crippen LogP contribution in [0.4, 0.5) is 0 Å². The smallest absolute Gasteiger partial charge is 0.337 e. The molecule has 82 valence electrons. The van der Waals surface area contributed by atoms with E-state index >= 15 is 0 Å². The number of benzene rings is 1. The van der Waals surface area contributed by atoms with Crippen LogP contribution >= 0.6 is 11.3 Å². The van der Waals surface area contributed by atoms with Gasteiger partial charge in [0, 0.05) is 11.3 Å². The van der Waals surface area contributed by atoms with Crippen molar-refractivity contribution in [1.82, 2.24) is 0 Å². The molecule has 0 aliphatic carbocycles. The molecular weight excluding hydrogens is 220 g/mol. The number of rotatable bonds is 3. The normalized spacial score (nSPS) is 10.1. The minimum atomic E-state index is -0.289. The Balaban J connectivity index is 2.10. The summed E-state index contributed by atoms with van der Waals surface area (Å²) in [5, 5.41) is 2.07. The monoisotopic (exact) mass is 232 g/mol. The first-order valence-electron chi connectivity index (χ1n) is 4.99. The molecule has 0 saturated heterocycles. The number of carbonyl (C=O) groups excluding carboxylic acids is 1. The first-order valence-corrected chi connectivity index (χ1v) is 5.87. The van der Waals surface area contributed by atoms with Crippen molar-refractivity contribution >= 4 is 17.3 Å². The number of hydrogen-bond acceptors (Lipinski definition) is 3. The van der Waals surface area contributed by atoms with Crippen LogP contribution in [0.5, 0.6) is 0 Å². The van der Waals surface area contributed by atoms with Crippen LogP contribution in [0.25, 0.3) is 0 Å². The van der Waals surface area contributed by atoms with Crippen LogP contribution in [0, 0.1) is 0 Å². The summed E-state index contributed by atoms with van der Waals surface area (Å²) >= 11 is 1.74. The maximum absolute atomic E-state index is 11.2. The summed E-state index contributed by atoms with van der Waals surface area (Å²) in [6.07, 6.45) is 0.916. The largest absolute Gasteiger partial charge is 0.465 e. The van der Waals surface area contributed by atoms with E-state index in [2.05, 4.69) is 16.2 Å². The van der Waals surface area contributed by atoms with Crippen molar-refractivity contribution in [3.05, 3.63) is 57.8 Å². The topological polar surface area (TPSA) is 26.3 Å². The third kappa shape index (κ3) is 2.49. The number of thiophene rings is 1. The lowest BCUT2D eigenvalue weighted by molar-refractivity contribution is 0.0601. The van der Waals surface area contributed by atoms with E-state index in [9.17, 15) is 4.79 Å². The third-order valence-corrected chi connectivity index (χ3v) is 3.21. The first-order chi connectivity index (χ1) is 7.79. The van der Waals surface area contributed by atoms with Crippen LogP contribution in [0.15, 0.2) is 41.8 Å². The van der Waals surface area contributed by atoms with Gasteiger partial charge >= 0.3 is 5.97 Å². The summed E-state index contributed by atoms with van der Waals surface area (Å²) in [5.74, 6) is -0.289. The van der Waals surface area contributed by atoms with E-state index in [4.69, 9.17) is 0 Å². The van der Waals surface area contributed by atoms with Crippen molar-refractivity contribution < 1.29 is 9.53 Å². The molecule has 0 bridgehead atoms. The standard InChI is InChI=1S/C13H12O2S/c1-15-13(14)11-6-4-10(5-7-11)9-12-3-2-8-16-12/h2-8H,9H2,1H3. The fourth-order valence-electron chi connectivity index (χ4n) is 1.49. The maximum Gasteiger partial charge on any atom is 0.337 e. The Hall–Kier alpha value is -1.61. The van der Waals surface area contributed by atoms with Gasteiger partial charge in [-0.3, -0.25) is 0 Å². The first kappa shape index (κ1) is 10.9. The summed E-state index contributed by atoms with van der Waals surface area (Å²) in [6.45, 7) is 0. The lowest BCUT2D eigenvalue weighted by Gasteiger charge is -2.01. The summed E-state index contributed by atoms with van der Waals surface area (Å²) in [6, 6.07) is 11.7. The summed E-state index contributed by atoms with van der Waals surface area (Å²) in [4.78, 5) is 12.5. The highest BCUT2D eigenvalue weighted by Gasteiger charge is 2.04. The van der Waals surface area contributed by atoms with E-state index in [1.54, 1.807) is 23.5 Å². The molecule has 0 atom stereocenters. The molecule has 0 radical (unpaired) electrons. The molecule has 2 rings (SSSR count). The molecule has 3 heteroatoms. The van der Waals surface area contributed by atoms with Crippen molar-refractivity contribution in [3.8, 4) is 0 Å². The lowest BCUT2D eigenvalue weighted by Crippen LogP contribution is -2.00. The van der Waals surface area contributed by atoms with Crippen LogP contribution in [-0.4, -0.2) is 13.1 Å². The summed E-state index contributed by atoms with van der Waals surface area (Å²) < 4.78 is 4.65. The zero-order chi connectivity index (χ0) is 11.4. The van der Waals surface area contributed by atoms with E-state index in [0.717, 1.165) is 6.42 Å².